The summed E-state index contributed by atoms with van der Waals surface area (Å²) in [5, 5.41) is 4.55. The molecule has 4 nitrogen and oxygen atoms in total. The molecule has 0 saturated carbocycles. The molecule has 86 valence electrons. The normalized spacial score (nSPS) is 11.6. The van der Waals surface area contributed by atoms with E-state index in [4.69, 9.17) is 0 Å². The molecule has 15 heavy (non-hydrogen) atoms. The number of hydrogen-bond donors (Lipinski definition) is 0. The Balaban J connectivity index is 2.54. The Morgan fingerprint density at radius 3 is 2.80 bits per heavy atom. The molecule has 1 rings (SSSR count). The Morgan fingerprint density at radius 2 is 2.33 bits per heavy atom. The summed E-state index contributed by atoms with van der Waals surface area (Å²) >= 11 is 3.23. The molecule has 1 aromatic heterocycles. The van der Waals surface area contributed by atoms with Crippen LogP contribution < -0.4 is 0 Å². The lowest BCUT2D eigenvalue weighted by atomic mass is 10.4. The zero-order valence-electron chi connectivity index (χ0n) is 8.41. The van der Waals surface area contributed by atoms with E-state index in [1.165, 1.54) is 6.33 Å². The summed E-state index contributed by atoms with van der Waals surface area (Å²) in [7, 11) is 1.75. The van der Waals surface area contributed by atoms with Crippen molar-refractivity contribution in [3.05, 3.63) is 12.2 Å². The zero-order valence-corrected chi connectivity index (χ0v) is 9.99. The SMILES string of the molecule is Cn1ncnc1CN(CCBr)CC(F)F. The van der Waals surface area contributed by atoms with Crippen molar-refractivity contribution in [3.63, 3.8) is 0 Å². The van der Waals surface area contributed by atoms with Gasteiger partial charge in [0.15, 0.2) is 0 Å². The summed E-state index contributed by atoms with van der Waals surface area (Å²) in [4.78, 5) is 5.64. The van der Waals surface area contributed by atoms with Crippen molar-refractivity contribution in [2.24, 2.45) is 7.05 Å². The summed E-state index contributed by atoms with van der Waals surface area (Å²) in [5.41, 5.74) is 0. The van der Waals surface area contributed by atoms with Gasteiger partial charge in [0, 0.05) is 18.9 Å². The molecule has 0 saturated heterocycles. The third-order valence-electron chi connectivity index (χ3n) is 1.97. The molecule has 0 aliphatic carbocycles. The van der Waals surface area contributed by atoms with E-state index < -0.39 is 6.43 Å². The third-order valence-corrected chi connectivity index (χ3v) is 2.32. The molecule has 7 heteroatoms. The van der Waals surface area contributed by atoms with Gasteiger partial charge in [-0.05, 0) is 0 Å². The molecule has 0 bridgehead atoms. The van der Waals surface area contributed by atoms with Crippen LogP contribution >= 0.6 is 15.9 Å². The summed E-state index contributed by atoms with van der Waals surface area (Å²) in [6.45, 7) is 0.724. The van der Waals surface area contributed by atoms with E-state index in [9.17, 15) is 8.78 Å². The Morgan fingerprint density at radius 1 is 1.60 bits per heavy atom. The summed E-state index contributed by atoms with van der Waals surface area (Å²) in [6.07, 6.45) is -0.901. The van der Waals surface area contributed by atoms with E-state index in [0.717, 1.165) is 0 Å². The van der Waals surface area contributed by atoms with Crippen molar-refractivity contribution < 1.29 is 8.78 Å². The van der Waals surface area contributed by atoms with Gasteiger partial charge in [-0.15, -0.1) is 0 Å². The number of alkyl halides is 3. The van der Waals surface area contributed by atoms with Gasteiger partial charge in [0.05, 0.1) is 13.1 Å². The number of nitrogens with zero attached hydrogens (tertiary/aromatic N) is 4. The first-order chi connectivity index (χ1) is 7.13. The van der Waals surface area contributed by atoms with Crippen LogP contribution in [0.3, 0.4) is 0 Å². The summed E-state index contributed by atoms with van der Waals surface area (Å²) in [6, 6.07) is 0. The van der Waals surface area contributed by atoms with Gasteiger partial charge in [-0.2, -0.15) is 5.10 Å². The van der Waals surface area contributed by atoms with E-state index >= 15 is 0 Å². The quantitative estimate of drug-likeness (QED) is 0.737. The topological polar surface area (TPSA) is 34.0 Å². The van der Waals surface area contributed by atoms with Gasteiger partial charge in [-0.25, -0.2) is 13.8 Å². The molecule has 0 amide bonds. The number of hydrogen-bond acceptors (Lipinski definition) is 3. The second-order valence-corrected chi connectivity index (χ2v) is 3.91. The number of aryl methyl sites for hydroxylation is 1. The molecule has 0 atom stereocenters. The summed E-state index contributed by atoms with van der Waals surface area (Å²) in [5.74, 6) is 0.691. The predicted molar refractivity (Wildman–Crippen MR) is 56.1 cm³/mol. The van der Waals surface area contributed by atoms with Crippen LogP contribution in [0, 0.1) is 0 Å². The van der Waals surface area contributed by atoms with Crippen molar-refractivity contribution in [2.45, 2.75) is 13.0 Å². The highest BCUT2D eigenvalue weighted by atomic mass is 79.9. The molecule has 0 N–H and O–H groups in total. The maximum absolute atomic E-state index is 12.2. The fraction of sp³-hybridized carbons (Fsp3) is 0.750. The van der Waals surface area contributed by atoms with Crippen LogP contribution in [-0.4, -0.2) is 44.5 Å². The van der Waals surface area contributed by atoms with Crippen LogP contribution in [0.2, 0.25) is 0 Å². The highest BCUT2D eigenvalue weighted by molar-refractivity contribution is 9.09. The molecule has 0 unspecified atom stereocenters. The lowest BCUT2D eigenvalue weighted by Crippen LogP contribution is -2.31. The van der Waals surface area contributed by atoms with Crippen molar-refractivity contribution >= 4 is 15.9 Å². The minimum absolute atomic E-state index is 0.238. The van der Waals surface area contributed by atoms with E-state index in [-0.39, 0.29) is 6.54 Å². The monoisotopic (exact) mass is 282 g/mol. The van der Waals surface area contributed by atoms with Crippen molar-refractivity contribution in [2.75, 3.05) is 18.4 Å². The molecule has 0 fully saturated rings. The fourth-order valence-electron chi connectivity index (χ4n) is 1.21. The van der Waals surface area contributed by atoms with Gasteiger partial charge in [-0.3, -0.25) is 9.58 Å². The Labute approximate surface area is 95.4 Å². The first-order valence-corrected chi connectivity index (χ1v) is 5.65. The lowest BCUT2D eigenvalue weighted by Gasteiger charge is -2.19. The van der Waals surface area contributed by atoms with Crippen LogP contribution in [0.1, 0.15) is 5.82 Å². The van der Waals surface area contributed by atoms with Gasteiger partial charge in [-0.1, -0.05) is 15.9 Å². The van der Waals surface area contributed by atoms with E-state index in [2.05, 4.69) is 26.0 Å². The van der Waals surface area contributed by atoms with Gasteiger partial charge in [0.1, 0.15) is 12.2 Å². The van der Waals surface area contributed by atoms with Gasteiger partial charge < -0.3 is 0 Å². The molecule has 0 aromatic carbocycles. The average Bonchev–Trinajstić information content (AvgIpc) is 2.51. The van der Waals surface area contributed by atoms with Gasteiger partial charge in [0.25, 0.3) is 6.43 Å². The van der Waals surface area contributed by atoms with Crippen LogP contribution in [0.15, 0.2) is 6.33 Å². The molecule has 0 spiro atoms. The van der Waals surface area contributed by atoms with Crippen molar-refractivity contribution in [1.29, 1.82) is 0 Å². The van der Waals surface area contributed by atoms with Crippen LogP contribution in [0.25, 0.3) is 0 Å². The molecule has 0 aliphatic heterocycles. The highest BCUT2D eigenvalue weighted by Crippen LogP contribution is 2.04. The Kier molecular flexibility index (Phi) is 5.10. The second-order valence-electron chi connectivity index (χ2n) is 3.12. The molecule has 1 aromatic rings. The number of rotatable bonds is 6. The minimum atomic E-state index is -2.32. The van der Waals surface area contributed by atoms with E-state index in [0.29, 0.717) is 24.2 Å². The zero-order chi connectivity index (χ0) is 11.3. The van der Waals surface area contributed by atoms with Crippen LogP contribution in [-0.2, 0) is 13.6 Å². The third kappa shape index (κ3) is 4.21. The Bertz CT molecular complexity index is 292. The summed E-state index contributed by atoms with van der Waals surface area (Å²) < 4.78 is 26.1. The average molecular weight is 283 g/mol. The standard InChI is InChI=1S/C8H13BrF2N4/c1-14-8(12-6-13-14)5-15(3-2-9)4-7(10)11/h6-7H,2-5H2,1H3. The second kappa shape index (κ2) is 6.12. The fourth-order valence-corrected chi connectivity index (χ4v) is 1.71. The van der Waals surface area contributed by atoms with Crippen molar-refractivity contribution in [1.82, 2.24) is 19.7 Å². The number of halogens is 3. The molecular formula is C8H13BrF2N4. The molecule has 0 aliphatic rings. The van der Waals surface area contributed by atoms with Crippen molar-refractivity contribution in [3.8, 4) is 0 Å². The maximum atomic E-state index is 12.2. The molecule has 0 radical (unpaired) electrons. The van der Waals surface area contributed by atoms with E-state index in [1.807, 2.05) is 0 Å². The minimum Gasteiger partial charge on any atom is -0.289 e. The number of aromatic nitrogens is 3. The smallest absolute Gasteiger partial charge is 0.251 e. The maximum Gasteiger partial charge on any atom is 0.251 e. The first kappa shape index (κ1) is 12.5. The molecule has 1 heterocycles. The highest BCUT2D eigenvalue weighted by Gasteiger charge is 2.13. The Hall–Kier alpha value is -0.560. The van der Waals surface area contributed by atoms with Crippen LogP contribution in [0.5, 0.6) is 0 Å². The van der Waals surface area contributed by atoms with Gasteiger partial charge in [0.2, 0.25) is 0 Å². The molecular weight excluding hydrogens is 270 g/mol. The van der Waals surface area contributed by atoms with Crippen LogP contribution in [0.4, 0.5) is 8.78 Å². The largest absolute Gasteiger partial charge is 0.289 e. The lowest BCUT2D eigenvalue weighted by molar-refractivity contribution is 0.0864. The van der Waals surface area contributed by atoms with E-state index in [1.54, 1.807) is 16.6 Å². The predicted octanol–water partition coefficient (Wildman–Crippen LogP) is 1.28. The first-order valence-electron chi connectivity index (χ1n) is 4.53. The van der Waals surface area contributed by atoms with Gasteiger partial charge >= 0.3 is 0 Å².